The Labute approximate surface area is 133 Å². The molecule has 2 aromatic rings. The second kappa shape index (κ2) is 6.36. The van der Waals surface area contributed by atoms with Crippen LogP contribution in [0, 0.1) is 17.6 Å². The summed E-state index contributed by atoms with van der Waals surface area (Å²) in [6, 6.07) is 6.46. The second-order valence-electron chi connectivity index (χ2n) is 5.39. The van der Waals surface area contributed by atoms with Crippen LogP contribution in [0.4, 0.5) is 14.6 Å². The van der Waals surface area contributed by atoms with Crippen LogP contribution in [0.15, 0.2) is 36.5 Å². The van der Waals surface area contributed by atoms with Crippen molar-refractivity contribution in [2.24, 2.45) is 5.92 Å². The van der Waals surface area contributed by atoms with Gasteiger partial charge >= 0.3 is 0 Å². The van der Waals surface area contributed by atoms with Crippen LogP contribution in [0.1, 0.15) is 6.42 Å². The Morgan fingerprint density at radius 2 is 2.04 bits per heavy atom. The van der Waals surface area contributed by atoms with Crippen molar-refractivity contribution >= 4 is 19.0 Å². The number of nitrogens with zero attached hydrogens (tertiary/aromatic N) is 1. The van der Waals surface area contributed by atoms with E-state index in [1.54, 1.807) is 12.1 Å². The van der Waals surface area contributed by atoms with Gasteiger partial charge in [0.1, 0.15) is 24.6 Å². The van der Waals surface area contributed by atoms with E-state index < -0.39 is 11.6 Å². The molecule has 0 aliphatic heterocycles. The lowest BCUT2D eigenvalue weighted by molar-refractivity contribution is -0.117. The summed E-state index contributed by atoms with van der Waals surface area (Å²) in [5, 5.41) is 2.74. The molecule has 1 aromatic heterocycles. The van der Waals surface area contributed by atoms with Crippen molar-refractivity contribution in [3.8, 4) is 11.5 Å². The van der Waals surface area contributed by atoms with E-state index in [9.17, 15) is 13.6 Å². The number of ether oxygens (including phenoxy) is 1. The van der Waals surface area contributed by atoms with Crippen LogP contribution in [0.5, 0.6) is 11.5 Å². The molecule has 1 amide bonds. The van der Waals surface area contributed by atoms with Gasteiger partial charge < -0.3 is 10.1 Å². The SMILES string of the molecule is C[B][C@H]1C[C@H]1C(=O)Nc1ccc(Oc2ccc(F)c(F)c2)cn1. The molecule has 23 heavy (non-hydrogen) atoms. The Hall–Kier alpha value is -2.44. The molecule has 0 spiro atoms. The molecule has 1 aliphatic carbocycles. The minimum atomic E-state index is -0.981. The van der Waals surface area contributed by atoms with E-state index in [4.69, 9.17) is 4.74 Å². The maximum atomic E-state index is 13.1. The topological polar surface area (TPSA) is 51.2 Å². The molecule has 2 atom stereocenters. The molecule has 1 heterocycles. The number of halogens is 2. The van der Waals surface area contributed by atoms with Crippen molar-refractivity contribution in [2.75, 3.05) is 5.32 Å². The molecule has 0 saturated heterocycles. The van der Waals surface area contributed by atoms with Gasteiger partial charge in [-0.25, -0.2) is 13.8 Å². The van der Waals surface area contributed by atoms with Gasteiger partial charge in [0.05, 0.1) is 6.20 Å². The van der Waals surface area contributed by atoms with Crippen LogP contribution in [0.3, 0.4) is 0 Å². The number of aromatic nitrogens is 1. The van der Waals surface area contributed by atoms with Crippen LogP contribution in [-0.2, 0) is 4.79 Å². The smallest absolute Gasteiger partial charge is 0.228 e. The van der Waals surface area contributed by atoms with Crippen molar-refractivity contribution in [2.45, 2.75) is 19.1 Å². The van der Waals surface area contributed by atoms with Gasteiger partial charge in [0, 0.05) is 12.0 Å². The summed E-state index contributed by atoms with van der Waals surface area (Å²) in [6.07, 6.45) is 2.28. The number of benzene rings is 1. The number of carbonyl (C=O) groups is 1. The number of carbonyl (C=O) groups excluding carboxylic acids is 1. The number of pyridine rings is 1. The standard InChI is InChI=1S/C16H14BF2N2O2/c1-17-12-7-11(12)16(22)21-15-5-3-10(8-20-15)23-9-2-4-13(18)14(19)6-9/h2-6,8,11-12H,7H2,1H3,(H,20,21,22)/t11-,12+/m1/s1. The molecule has 117 valence electrons. The lowest BCUT2D eigenvalue weighted by Gasteiger charge is -2.07. The van der Waals surface area contributed by atoms with Crippen molar-refractivity contribution in [1.29, 1.82) is 0 Å². The molecular weight excluding hydrogens is 301 g/mol. The average molecular weight is 315 g/mol. The first kappa shape index (κ1) is 15.5. The Morgan fingerprint density at radius 3 is 2.65 bits per heavy atom. The highest BCUT2D eigenvalue weighted by Gasteiger charge is 2.41. The first-order valence-corrected chi connectivity index (χ1v) is 7.26. The molecule has 1 radical (unpaired) electrons. The summed E-state index contributed by atoms with van der Waals surface area (Å²) in [7, 11) is 2.02. The molecule has 7 heteroatoms. The van der Waals surface area contributed by atoms with Crippen molar-refractivity contribution in [3.05, 3.63) is 48.2 Å². The van der Waals surface area contributed by atoms with Gasteiger partial charge in [0.15, 0.2) is 11.6 Å². The normalized spacial score (nSPS) is 19.1. The highest BCUT2D eigenvalue weighted by molar-refractivity contribution is 6.38. The number of nitrogens with one attached hydrogen (secondary N) is 1. The number of amides is 1. The van der Waals surface area contributed by atoms with E-state index in [0.717, 1.165) is 18.6 Å². The van der Waals surface area contributed by atoms with E-state index >= 15 is 0 Å². The van der Waals surface area contributed by atoms with Crippen LogP contribution >= 0.6 is 0 Å². The molecule has 0 unspecified atom stereocenters. The number of hydrogen-bond donors (Lipinski definition) is 1. The van der Waals surface area contributed by atoms with Crippen LogP contribution in [0.25, 0.3) is 0 Å². The Morgan fingerprint density at radius 1 is 1.26 bits per heavy atom. The molecule has 0 bridgehead atoms. The average Bonchev–Trinajstić information content (AvgIpc) is 3.33. The lowest BCUT2D eigenvalue weighted by atomic mass is 9.74. The number of rotatable bonds is 5. The zero-order valence-corrected chi connectivity index (χ0v) is 12.4. The van der Waals surface area contributed by atoms with Gasteiger partial charge in [0.25, 0.3) is 0 Å². The molecule has 1 N–H and O–H groups in total. The van der Waals surface area contributed by atoms with Crippen molar-refractivity contribution in [1.82, 2.24) is 4.98 Å². The summed E-state index contributed by atoms with van der Waals surface area (Å²) < 4.78 is 31.3. The quantitative estimate of drug-likeness (QED) is 0.857. The highest BCUT2D eigenvalue weighted by atomic mass is 19.2. The fourth-order valence-corrected chi connectivity index (χ4v) is 2.29. The van der Waals surface area contributed by atoms with E-state index in [1.807, 2.05) is 14.1 Å². The molecule has 1 aliphatic rings. The molecule has 3 rings (SSSR count). The number of anilines is 1. The first-order chi connectivity index (χ1) is 11.1. The highest BCUT2D eigenvalue weighted by Crippen LogP contribution is 2.44. The predicted octanol–water partition coefficient (Wildman–Crippen LogP) is 3.65. The van der Waals surface area contributed by atoms with E-state index in [2.05, 4.69) is 10.3 Å². The third-order valence-corrected chi connectivity index (χ3v) is 3.72. The third kappa shape index (κ3) is 3.67. The first-order valence-electron chi connectivity index (χ1n) is 7.26. The fourth-order valence-electron chi connectivity index (χ4n) is 2.29. The van der Waals surface area contributed by atoms with Gasteiger partial charge in [-0.1, -0.05) is 12.6 Å². The van der Waals surface area contributed by atoms with Gasteiger partial charge in [-0.15, -0.1) is 0 Å². The van der Waals surface area contributed by atoms with Crippen LogP contribution in [-0.4, -0.2) is 18.2 Å². The maximum absolute atomic E-state index is 13.1. The fraction of sp³-hybridized carbons (Fsp3) is 0.250. The van der Waals surface area contributed by atoms with Crippen LogP contribution < -0.4 is 10.1 Å². The van der Waals surface area contributed by atoms with Crippen molar-refractivity contribution < 1.29 is 18.3 Å². The Bertz CT molecular complexity index is 725. The summed E-state index contributed by atoms with van der Waals surface area (Å²) in [5.41, 5.74) is 0. The lowest BCUT2D eigenvalue weighted by Crippen LogP contribution is -2.15. The minimum absolute atomic E-state index is 0.0277. The van der Waals surface area contributed by atoms with E-state index in [1.165, 1.54) is 12.3 Å². The molecule has 1 aromatic carbocycles. The summed E-state index contributed by atoms with van der Waals surface area (Å²) >= 11 is 0. The van der Waals surface area contributed by atoms with E-state index in [0.29, 0.717) is 17.4 Å². The van der Waals surface area contributed by atoms with Gasteiger partial charge in [0.2, 0.25) is 5.91 Å². The largest absolute Gasteiger partial charge is 0.456 e. The summed E-state index contributed by atoms with van der Waals surface area (Å²) in [4.78, 5) is 16.0. The zero-order chi connectivity index (χ0) is 16.4. The molecule has 4 nitrogen and oxygen atoms in total. The number of hydrogen-bond acceptors (Lipinski definition) is 3. The summed E-state index contributed by atoms with van der Waals surface area (Å²) in [5.74, 6) is -0.626. The van der Waals surface area contributed by atoms with Gasteiger partial charge in [-0.3, -0.25) is 4.79 Å². The predicted molar refractivity (Wildman–Crippen MR) is 82.8 cm³/mol. The van der Waals surface area contributed by atoms with Gasteiger partial charge in [-0.05, 0) is 30.7 Å². The van der Waals surface area contributed by atoms with Crippen molar-refractivity contribution in [3.63, 3.8) is 0 Å². The monoisotopic (exact) mass is 315 g/mol. The molecule has 1 fully saturated rings. The van der Waals surface area contributed by atoms with E-state index in [-0.39, 0.29) is 17.6 Å². The third-order valence-electron chi connectivity index (χ3n) is 3.72. The molecular formula is C16H14BF2N2O2. The Kier molecular flexibility index (Phi) is 4.27. The summed E-state index contributed by atoms with van der Waals surface area (Å²) in [6.45, 7) is 1.95. The zero-order valence-electron chi connectivity index (χ0n) is 12.4. The van der Waals surface area contributed by atoms with Gasteiger partial charge in [-0.2, -0.15) is 0 Å². The molecule has 1 saturated carbocycles. The maximum Gasteiger partial charge on any atom is 0.228 e. The minimum Gasteiger partial charge on any atom is -0.456 e. The Balaban J connectivity index is 1.60. The second-order valence-corrected chi connectivity index (χ2v) is 5.39. The van der Waals surface area contributed by atoms with Crippen LogP contribution in [0.2, 0.25) is 12.6 Å².